The van der Waals surface area contributed by atoms with Crippen LogP contribution in [0.1, 0.15) is 35.6 Å². The van der Waals surface area contributed by atoms with Crippen molar-refractivity contribution in [2.45, 2.75) is 31.8 Å². The first-order valence-corrected chi connectivity index (χ1v) is 8.78. The van der Waals surface area contributed by atoms with E-state index < -0.39 is 0 Å². The summed E-state index contributed by atoms with van der Waals surface area (Å²) in [5.74, 6) is 0.250. The molecular weight excluding hydrogens is 300 g/mol. The Labute approximate surface area is 142 Å². The molecule has 1 saturated heterocycles. The van der Waals surface area contributed by atoms with Crippen LogP contribution in [0.25, 0.3) is 0 Å². The van der Waals surface area contributed by atoms with Gasteiger partial charge in [0, 0.05) is 37.9 Å². The van der Waals surface area contributed by atoms with Gasteiger partial charge in [0.25, 0.3) is 0 Å². The molecule has 4 rings (SSSR count). The van der Waals surface area contributed by atoms with E-state index in [2.05, 4.69) is 40.5 Å². The van der Waals surface area contributed by atoms with Crippen molar-refractivity contribution >= 4 is 5.91 Å². The van der Waals surface area contributed by atoms with Gasteiger partial charge in [-0.05, 0) is 36.9 Å². The minimum atomic E-state index is 0.250. The SMILES string of the molecule is Cn1cc([C@@H]2CCCN2CC(=O)N2CCc3ccccc3C2)cn1. The van der Waals surface area contributed by atoms with Gasteiger partial charge in [0.2, 0.25) is 5.91 Å². The monoisotopic (exact) mass is 324 g/mol. The van der Waals surface area contributed by atoms with Gasteiger partial charge >= 0.3 is 0 Å². The number of benzene rings is 1. The maximum Gasteiger partial charge on any atom is 0.237 e. The molecule has 0 saturated carbocycles. The van der Waals surface area contributed by atoms with E-state index >= 15 is 0 Å². The minimum Gasteiger partial charge on any atom is -0.337 e. The second-order valence-electron chi connectivity index (χ2n) is 6.91. The maximum atomic E-state index is 12.8. The van der Waals surface area contributed by atoms with Crippen molar-refractivity contribution in [3.8, 4) is 0 Å². The fraction of sp³-hybridized carbons (Fsp3) is 0.474. The molecule has 0 N–H and O–H groups in total. The number of carbonyl (C=O) groups is 1. The molecule has 1 amide bonds. The number of hydrogen-bond acceptors (Lipinski definition) is 3. The Morgan fingerprint density at radius 2 is 2.08 bits per heavy atom. The number of aryl methyl sites for hydroxylation is 1. The molecule has 0 bridgehead atoms. The van der Waals surface area contributed by atoms with E-state index in [0.717, 1.165) is 38.9 Å². The highest BCUT2D eigenvalue weighted by Gasteiger charge is 2.30. The molecule has 0 radical (unpaired) electrons. The molecule has 2 aliphatic rings. The van der Waals surface area contributed by atoms with Crippen LogP contribution in [0.15, 0.2) is 36.7 Å². The Bertz CT molecular complexity index is 738. The van der Waals surface area contributed by atoms with Gasteiger partial charge in [-0.15, -0.1) is 0 Å². The lowest BCUT2D eigenvalue weighted by Gasteiger charge is -2.31. The summed E-state index contributed by atoms with van der Waals surface area (Å²) in [5, 5.41) is 4.28. The number of amides is 1. The van der Waals surface area contributed by atoms with Gasteiger partial charge in [-0.2, -0.15) is 5.10 Å². The molecule has 1 fully saturated rings. The molecule has 1 aromatic heterocycles. The third-order valence-corrected chi connectivity index (χ3v) is 5.29. The lowest BCUT2D eigenvalue weighted by Crippen LogP contribution is -2.42. The Kier molecular flexibility index (Phi) is 4.10. The van der Waals surface area contributed by atoms with E-state index in [1.807, 2.05) is 22.8 Å². The number of fused-ring (bicyclic) bond motifs is 1. The Hall–Kier alpha value is -2.14. The number of hydrogen-bond donors (Lipinski definition) is 0. The van der Waals surface area contributed by atoms with Gasteiger partial charge < -0.3 is 4.90 Å². The van der Waals surface area contributed by atoms with Crippen molar-refractivity contribution in [2.75, 3.05) is 19.6 Å². The number of likely N-dealkylation sites (tertiary alicyclic amines) is 1. The third kappa shape index (κ3) is 2.96. The van der Waals surface area contributed by atoms with Crippen molar-refractivity contribution < 1.29 is 4.79 Å². The predicted molar refractivity (Wildman–Crippen MR) is 92.3 cm³/mol. The first-order valence-electron chi connectivity index (χ1n) is 8.78. The van der Waals surface area contributed by atoms with Gasteiger partial charge in [-0.1, -0.05) is 24.3 Å². The van der Waals surface area contributed by atoms with E-state index in [0.29, 0.717) is 12.6 Å². The molecule has 3 heterocycles. The van der Waals surface area contributed by atoms with Crippen LogP contribution in [0, 0.1) is 0 Å². The predicted octanol–water partition coefficient (Wildman–Crippen LogP) is 2.14. The summed E-state index contributed by atoms with van der Waals surface area (Å²) < 4.78 is 1.84. The van der Waals surface area contributed by atoms with Gasteiger partial charge in [-0.25, -0.2) is 0 Å². The summed E-state index contributed by atoms with van der Waals surface area (Å²) in [6.07, 6.45) is 7.24. The average Bonchev–Trinajstić information content (AvgIpc) is 3.23. The zero-order valence-corrected chi connectivity index (χ0v) is 14.2. The van der Waals surface area contributed by atoms with Gasteiger partial charge in [-0.3, -0.25) is 14.4 Å². The van der Waals surface area contributed by atoms with Gasteiger partial charge in [0.1, 0.15) is 0 Å². The average molecular weight is 324 g/mol. The zero-order valence-electron chi connectivity index (χ0n) is 14.2. The molecule has 0 aliphatic carbocycles. The summed E-state index contributed by atoms with van der Waals surface area (Å²) in [4.78, 5) is 17.1. The molecule has 1 atom stereocenters. The van der Waals surface area contributed by atoms with Crippen LogP contribution in [-0.2, 0) is 24.8 Å². The molecule has 126 valence electrons. The van der Waals surface area contributed by atoms with Crippen molar-refractivity contribution in [2.24, 2.45) is 7.05 Å². The molecule has 2 aromatic rings. The fourth-order valence-electron chi connectivity index (χ4n) is 3.99. The number of nitrogens with zero attached hydrogens (tertiary/aromatic N) is 4. The normalized spacial score (nSPS) is 21.0. The van der Waals surface area contributed by atoms with Crippen molar-refractivity contribution in [1.82, 2.24) is 19.6 Å². The quantitative estimate of drug-likeness (QED) is 0.869. The second-order valence-corrected chi connectivity index (χ2v) is 6.91. The van der Waals surface area contributed by atoms with Crippen LogP contribution in [0.2, 0.25) is 0 Å². The standard InChI is InChI=1S/C19H24N4O/c1-21-12-17(11-20-21)18-7-4-9-22(18)14-19(24)23-10-8-15-5-2-3-6-16(15)13-23/h2-3,5-6,11-12,18H,4,7-10,13-14H2,1H3/t18-/m0/s1. The van der Waals surface area contributed by atoms with E-state index in [9.17, 15) is 4.79 Å². The van der Waals surface area contributed by atoms with Crippen molar-refractivity contribution in [3.63, 3.8) is 0 Å². The van der Waals surface area contributed by atoms with Crippen molar-refractivity contribution in [1.29, 1.82) is 0 Å². The van der Waals surface area contributed by atoms with Crippen LogP contribution < -0.4 is 0 Å². The van der Waals surface area contributed by atoms with Crippen LogP contribution >= 0.6 is 0 Å². The Morgan fingerprint density at radius 1 is 1.25 bits per heavy atom. The molecule has 5 heteroatoms. The third-order valence-electron chi connectivity index (χ3n) is 5.29. The second kappa shape index (κ2) is 6.40. The van der Waals surface area contributed by atoms with E-state index in [-0.39, 0.29) is 5.91 Å². The number of aromatic nitrogens is 2. The fourth-order valence-corrected chi connectivity index (χ4v) is 3.99. The summed E-state index contributed by atoms with van der Waals surface area (Å²) >= 11 is 0. The van der Waals surface area contributed by atoms with E-state index in [1.54, 1.807) is 0 Å². The van der Waals surface area contributed by atoms with E-state index in [4.69, 9.17) is 0 Å². The number of carbonyl (C=O) groups excluding carboxylic acids is 1. The largest absolute Gasteiger partial charge is 0.337 e. The van der Waals surface area contributed by atoms with Gasteiger partial charge in [0.05, 0.1) is 12.7 Å². The highest BCUT2D eigenvalue weighted by Crippen LogP contribution is 2.31. The molecular formula is C19H24N4O. The van der Waals surface area contributed by atoms with Crippen LogP contribution in [0.3, 0.4) is 0 Å². The first-order chi connectivity index (χ1) is 11.7. The summed E-state index contributed by atoms with van der Waals surface area (Å²) in [5.41, 5.74) is 3.91. The van der Waals surface area contributed by atoms with Crippen molar-refractivity contribution in [3.05, 3.63) is 53.3 Å². The molecule has 1 aromatic carbocycles. The maximum absolute atomic E-state index is 12.8. The first kappa shape index (κ1) is 15.4. The van der Waals surface area contributed by atoms with Crippen LogP contribution in [0.5, 0.6) is 0 Å². The van der Waals surface area contributed by atoms with Crippen LogP contribution in [-0.4, -0.2) is 45.1 Å². The molecule has 5 nitrogen and oxygen atoms in total. The summed E-state index contributed by atoms with van der Waals surface area (Å²) in [6.45, 7) is 3.10. The molecule has 0 unspecified atom stereocenters. The molecule has 0 spiro atoms. The Balaban J connectivity index is 1.42. The lowest BCUT2D eigenvalue weighted by molar-refractivity contribution is -0.133. The molecule has 2 aliphatic heterocycles. The number of rotatable bonds is 3. The highest BCUT2D eigenvalue weighted by atomic mass is 16.2. The summed E-state index contributed by atoms with van der Waals surface area (Å²) in [7, 11) is 1.94. The zero-order chi connectivity index (χ0) is 16.5. The highest BCUT2D eigenvalue weighted by molar-refractivity contribution is 5.78. The summed E-state index contributed by atoms with van der Waals surface area (Å²) in [6, 6.07) is 8.80. The van der Waals surface area contributed by atoms with E-state index in [1.165, 1.54) is 16.7 Å². The minimum absolute atomic E-state index is 0.250. The van der Waals surface area contributed by atoms with Gasteiger partial charge in [0.15, 0.2) is 0 Å². The topological polar surface area (TPSA) is 41.4 Å². The molecule has 24 heavy (non-hydrogen) atoms. The Morgan fingerprint density at radius 3 is 2.88 bits per heavy atom. The van der Waals surface area contributed by atoms with Crippen LogP contribution in [0.4, 0.5) is 0 Å². The smallest absolute Gasteiger partial charge is 0.237 e. The lowest BCUT2D eigenvalue weighted by atomic mass is 10.00.